The summed E-state index contributed by atoms with van der Waals surface area (Å²) in [6.07, 6.45) is -3.48. The summed E-state index contributed by atoms with van der Waals surface area (Å²) in [4.78, 5) is 12.5. The van der Waals surface area contributed by atoms with E-state index in [1.165, 1.54) is 12.1 Å². The molecule has 0 fully saturated rings. The first-order valence-corrected chi connectivity index (χ1v) is 9.22. The number of primary amides is 1. The number of amides is 1. The van der Waals surface area contributed by atoms with Gasteiger partial charge in [-0.25, -0.2) is 4.98 Å². The highest BCUT2D eigenvalue weighted by molar-refractivity contribution is 7.12. The van der Waals surface area contributed by atoms with E-state index in [0.717, 1.165) is 16.9 Å². The molecule has 0 aliphatic heterocycles. The zero-order chi connectivity index (χ0) is 21.3. The molecule has 0 saturated heterocycles. The monoisotopic (exact) mass is 418 g/mol. The minimum Gasteiger partial charge on any atom is -0.508 e. The first-order chi connectivity index (χ1) is 13.8. The van der Waals surface area contributed by atoms with Crippen molar-refractivity contribution in [3.05, 3.63) is 81.3 Å². The van der Waals surface area contributed by atoms with Crippen molar-refractivity contribution in [2.75, 3.05) is 0 Å². The number of hydrogen-bond donors (Lipinski definition) is 2. The lowest BCUT2D eigenvalue weighted by atomic mass is 10.1. The molecule has 0 bridgehead atoms. The number of benzene rings is 2. The van der Waals surface area contributed by atoms with Crippen LogP contribution in [-0.4, -0.2) is 16.5 Å². The molecule has 8 heteroatoms. The van der Waals surface area contributed by atoms with Crippen molar-refractivity contribution in [1.82, 2.24) is 4.98 Å². The number of aryl methyl sites for hydroxylation is 2. The third kappa shape index (κ3) is 6.97. The zero-order valence-corrected chi connectivity index (χ0v) is 15.9. The van der Waals surface area contributed by atoms with Crippen molar-refractivity contribution >= 4 is 17.7 Å². The lowest BCUT2D eigenvalue weighted by Gasteiger charge is -2.06. The maximum absolute atomic E-state index is 13.3. The molecule has 0 aliphatic carbocycles. The van der Waals surface area contributed by atoms with Gasteiger partial charge in [0.25, 0.3) is 0 Å². The molecule has 150 valence electrons. The number of nitrogens with zero attached hydrogens (tertiary/aromatic N) is 1. The van der Waals surface area contributed by atoms with Crippen LogP contribution in [0.3, 0.4) is 0 Å². The number of carbonyl (C=O) groups excluding carboxylic acids is 1. The Bertz CT molecular complexity index is 989. The molecule has 3 aromatic rings. The van der Waals surface area contributed by atoms with Crippen molar-refractivity contribution in [1.29, 1.82) is 0 Å². The highest BCUT2D eigenvalue weighted by atomic mass is 32.1. The van der Waals surface area contributed by atoms with Gasteiger partial charge in [-0.1, -0.05) is 36.3 Å². The van der Waals surface area contributed by atoms with Crippen molar-refractivity contribution in [3.63, 3.8) is 0 Å². The van der Waals surface area contributed by atoms with E-state index in [-0.39, 0.29) is 28.5 Å². The molecule has 0 saturated carbocycles. The molecule has 1 aromatic heterocycles. The number of halogens is 3. The fourth-order valence-electron chi connectivity index (χ4n) is 2.37. The number of thiazole rings is 1. The molecule has 3 rings (SSSR count). The number of phenolic OH excluding ortho intramolecular Hbond substituents is 1. The van der Waals surface area contributed by atoms with Gasteiger partial charge in [0, 0.05) is 10.4 Å². The number of phenols is 1. The Balaban J connectivity index is 0.000000941. The normalized spacial score (nSPS) is 10.3. The molecular formula is C21H17F3N2O2S. The molecule has 1 heterocycles. The average molecular weight is 418 g/mol. The van der Waals surface area contributed by atoms with Crippen LogP contribution in [-0.2, 0) is 23.8 Å². The van der Waals surface area contributed by atoms with Gasteiger partial charge in [-0.2, -0.15) is 13.2 Å². The molecule has 0 spiro atoms. The first-order valence-electron chi connectivity index (χ1n) is 8.40. The Morgan fingerprint density at radius 3 is 2.24 bits per heavy atom. The van der Waals surface area contributed by atoms with E-state index in [1.807, 2.05) is 30.3 Å². The van der Waals surface area contributed by atoms with Gasteiger partial charge in [-0.3, -0.25) is 4.79 Å². The Morgan fingerprint density at radius 2 is 1.66 bits per heavy atom. The average Bonchev–Trinajstić information content (AvgIpc) is 3.11. The van der Waals surface area contributed by atoms with Crippen LogP contribution in [0.1, 0.15) is 26.7 Å². The van der Waals surface area contributed by atoms with E-state index in [0.29, 0.717) is 12.0 Å². The van der Waals surface area contributed by atoms with E-state index in [9.17, 15) is 18.3 Å². The molecule has 29 heavy (non-hydrogen) atoms. The second-order valence-electron chi connectivity index (χ2n) is 5.71. The summed E-state index contributed by atoms with van der Waals surface area (Å²) in [7, 11) is 0. The van der Waals surface area contributed by atoms with Gasteiger partial charge in [-0.15, -0.1) is 11.3 Å². The number of rotatable bonds is 3. The van der Waals surface area contributed by atoms with Crippen LogP contribution in [0, 0.1) is 11.8 Å². The third-order valence-corrected chi connectivity index (χ3v) is 4.66. The van der Waals surface area contributed by atoms with E-state index < -0.39 is 11.9 Å². The van der Waals surface area contributed by atoms with Crippen molar-refractivity contribution in [2.24, 2.45) is 5.73 Å². The van der Waals surface area contributed by atoms with Gasteiger partial charge < -0.3 is 10.8 Å². The summed E-state index contributed by atoms with van der Waals surface area (Å²) in [5.74, 6) is 5.56. The fraction of sp³-hybridized carbons (Fsp3) is 0.143. The standard InChI is InChI=1S/C20H14F3NOS.CH3NO/c21-20(22,23)19-17(12-8-14-4-2-1-3-5-14)26-18(24-19)13-9-15-6-10-16(25)11-7-15;2-1-3/h1-7,10-11,25H,8,12H2;1H,(H2,2,3). The van der Waals surface area contributed by atoms with E-state index in [2.05, 4.69) is 22.6 Å². The van der Waals surface area contributed by atoms with E-state index in [1.54, 1.807) is 12.1 Å². The molecule has 3 N–H and O–H groups in total. The number of aromatic hydroxyl groups is 1. The lowest BCUT2D eigenvalue weighted by molar-refractivity contribution is -0.141. The number of aromatic nitrogens is 1. The largest absolute Gasteiger partial charge is 0.508 e. The highest BCUT2D eigenvalue weighted by Crippen LogP contribution is 2.35. The maximum Gasteiger partial charge on any atom is 0.434 e. The van der Waals surface area contributed by atoms with Crippen LogP contribution in [0.25, 0.3) is 0 Å². The van der Waals surface area contributed by atoms with Crippen LogP contribution >= 0.6 is 11.3 Å². The Hall–Kier alpha value is -3.31. The SMILES string of the molecule is NC=O.Oc1ccc(C#Cc2nc(C(F)(F)F)c(CCc3ccccc3)s2)cc1. The van der Waals surface area contributed by atoms with Gasteiger partial charge >= 0.3 is 6.18 Å². The van der Waals surface area contributed by atoms with Crippen molar-refractivity contribution in [3.8, 4) is 17.6 Å². The Kier molecular flexibility index (Phi) is 7.80. The van der Waals surface area contributed by atoms with Crippen molar-refractivity contribution in [2.45, 2.75) is 19.0 Å². The summed E-state index contributed by atoms with van der Waals surface area (Å²) in [6.45, 7) is 0. The molecule has 0 unspecified atom stereocenters. The number of nitrogens with two attached hydrogens (primary N) is 1. The topological polar surface area (TPSA) is 76.2 Å². The molecular weight excluding hydrogens is 401 g/mol. The number of alkyl halides is 3. The summed E-state index contributed by atoms with van der Waals surface area (Å²) in [5, 5.41) is 9.37. The summed E-state index contributed by atoms with van der Waals surface area (Å²) in [5.41, 5.74) is 4.89. The van der Waals surface area contributed by atoms with Crippen LogP contribution in [0.15, 0.2) is 54.6 Å². The van der Waals surface area contributed by atoms with Gasteiger partial charge in [0.05, 0.1) is 0 Å². The quantitative estimate of drug-likeness (QED) is 0.496. The lowest BCUT2D eigenvalue weighted by Crippen LogP contribution is -2.09. The smallest absolute Gasteiger partial charge is 0.434 e. The molecule has 4 nitrogen and oxygen atoms in total. The Morgan fingerprint density at radius 1 is 1.03 bits per heavy atom. The minimum absolute atomic E-state index is 0.104. The van der Waals surface area contributed by atoms with Crippen LogP contribution in [0.4, 0.5) is 13.2 Å². The Labute approximate surface area is 169 Å². The van der Waals surface area contributed by atoms with Crippen molar-refractivity contribution < 1.29 is 23.1 Å². The van der Waals surface area contributed by atoms with Crippen LogP contribution in [0.5, 0.6) is 5.75 Å². The maximum atomic E-state index is 13.3. The van der Waals surface area contributed by atoms with Gasteiger partial charge in [-0.05, 0) is 48.6 Å². The van der Waals surface area contributed by atoms with E-state index >= 15 is 0 Å². The highest BCUT2D eigenvalue weighted by Gasteiger charge is 2.37. The fourth-order valence-corrected chi connectivity index (χ4v) is 3.30. The summed E-state index contributed by atoms with van der Waals surface area (Å²) < 4.78 is 39.8. The predicted octanol–water partition coefficient (Wildman–Crippen LogP) is 4.15. The molecule has 0 radical (unpaired) electrons. The van der Waals surface area contributed by atoms with E-state index in [4.69, 9.17) is 4.79 Å². The number of carbonyl (C=O) groups is 1. The predicted molar refractivity (Wildman–Crippen MR) is 105 cm³/mol. The van der Waals surface area contributed by atoms with Crippen LogP contribution < -0.4 is 5.73 Å². The molecule has 0 aliphatic rings. The molecule has 2 aromatic carbocycles. The van der Waals surface area contributed by atoms with Crippen LogP contribution in [0.2, 0.25) is 0 Å². The van der Waals surface area contributed by atoms with Gasteiger partial charge in [0.1, 0.15) is 5.75 Å². The van der Waals surface area contributed by atoms with Gasteiger partial charge in [0.15, 0.2) is 10.7 Å². The molecule has 0 atom stereocenters. The third-order valence-electron chi connectivity index (χ3n) is 3.63. The minimum atomic E-state index is -4.50. The summed E-state index contributed by atoms with van der Waals surface area (Å²) in [6, 6.07) is 15.5. The van der Waals surface area contributed by atoms with Gasteiger partial charge in [0.2, 0.25) is 6.41 Å². The zero-order valence-electron chi connectivity index (χ0n) is 15.1. The summed E-state index contributed by atoms with van der Waals surface area (Å²) >= 11 is 0.974. The first kappa shape index (κ1) is 22.0. The number of hydrogen-bond acceptors (Lipinski definition) is 4. The second-order valence-corrected chi connectivity index (χ2v) is 6.79. The second kappa shape index (κ2) is 10.3. The molecule has 1 amide bonds.